The number of methoxy groups -OCH3 is 1. The molecule has 0 saturated carbocycles. The van der Waals surface area contributed by atoms with Crippen molar-refractivity contribution in [3.63, 3.8) is 0 Å². The van der Waals surface area contributed by atoms with Crippen LogP contribution in [-0.4, -0.2) is 13.1 Å². The van der Waals surface area contributed by atoms with Crippen molar-refractivity contribution in [1.82, 2.24) is 0 Å². The van der Waals surface area contributed by atoms with Gasteiger partial charge in [-0.3, -0.25) is 4.79 Å². The number of rotatable bonds is 2. The summed E-state index contributed by atoms with van der Waals surface area (Å²) in [6.45, 7) is 1.58. The van der Waals surface area contributed by atoms with E-state index >= 15 is 0 Å². The first kappa shape index (κ1) is 10.7. The van der Waals surface area contributed by atoms with Gasteiger partial charge in [-0.15, -0.1) is 0 Å². The SMILES string of the molecule is COC(=O)[C@@H](N)c1cccc(F)c1C. The maximum atomic E-state index is 13.1. The number of esters is 1. The van der Waals surface area contributed by atoms with Crippen LogP contribution in [0.25, 0.3) is 0 Å². The predicted molar refractivity (Wildman–Crippen MR) is 50.1 cm³/mol. The quantitative estimate of drug-likeness (QED) is 0.727. The normalized spacial score (nSPS) is 12.3. The van der Waals surface area contributed by atoms with Crippen molar-refractivity contribution in [1.29, 1.82) is 0 Å². The minimum absolute atomic E-state index is 0.373. The summed E-state index contributed by atoms with van der Waals surface area (Å²) in [7, 11) is 1.25. The maximum Gasteiger partial charge on any atom is 0.327 e. The van der Waals surface area contributed by atoms with Crippen LogP contribution in [0, 0.1) is 12.7 Å². The average molecular weight is 197 g/mol. The van der Waals surface area contributed by atoms with Crippen molar-refractivity contribution in [3.8, 4) is 0 Å². The minimum Gasteiger partial charge on any atom is -0.468 e. The van der Waals surface area contributed by atoms with Crippen molar-refractivity contribution < 1.29 is 13.9 Å². The lowest BCUT2D eigenvalue weighted by atomic mass is 10.0. The summed E-state index contributed by atoms with van der Waals surface area (Å²) in [4.78, 5) is 11.1. The molecule has 76 valence electrons. The number of benzene rings is 1. The molecule has 0 aliphatic heterocycles. The molecule has 1 aromatic rings. The zero-order valence-electron chi connectivity index (χ0n) is 8.08. The molecule has 0 unspecified atom stereocenters. The highest BCUT2D eigenvalue weighted by Crippen LogP contribution is 2.18. The van der Waals surface area contributed by atoms with Gasteiger partial charge in [0.25, 0.3) is 0 Å². The van der Waals surface area contributed by atoms with Gasteiger partial charge in [0.15, 0.2) is 0 Å². The van der Waals surface area contributed by atoms with Gasteiger partial charge in [0, 0.05) is 0 Å². The molecule has 0 spiro atoms. The molecule has 14 heavy (non-hydrogen) atoms. The third-order valence-electron chi connectivity index (χ3n) is 2.10. The first-order valence-corrected chi connectivity index (χ1v) is 4.16. The summed E-state index contributed by atoms with van der Waals surface area (Å²) >= 11 is 0. The summed E-state index contributed by atoms with van der Waals surface area (Å²) in [5.74, 6) is -0.944. The van der Waals surface area contributed by atoms with Gasteiger partial charge in [-0.05, 0) is 24.1 Å². The van der Waals surface area contributed by atoms with Gasteiger partial charge in [0.1, 0.15) is 11.9 Å². The van der Waals surface area contributed by atoms with E-state index in [1.54, 1.807) is 13.0 Å². The molecule has 0 heterocycles. The zero-order valence-corrected chi connectivity index (χ0v) is 8.08. The Labute approximate surface area is 81.7 Å². The van der Waals surface area contributed by atoms with Gasteiger partial charge in [-0.25, -0.2) is 4.39 Å². The molecule has 1 aromatic carbocycles. The monoisotopic (exact) mass is 197 g/mol. The second-order valence-electron chi connectivity index (χ2n) is 2.95. The Bertz CT molecular complexity index is 352. The molecule has 0 aromatic heterocycles. The van der Waals surface area contributed by atoms with E-state index in [1.807, 2.05) is 0 Å². The van der Waals surface area contributed by atoms with Gasteiger partial charge in [0.05, 0.1) is 7.11 Å². The van der Waals surface area contributed by atoms with Gasteiger partial charge in [-0.1, -0.05) is 12.1 Å². The number of hydrogen-bond acceptors (Lipinski definition) is 3. The molecule has 0 amide bonds. The van der Waals surface area contributed by atoms with E-state index in [2.05, 4.69) is 4.74 Å². The van der Waals surface area contributed by atoms with Crippen LogP contribution in [-0.2, 0) is 9.53 Å². The molecule has 0 aliphatic carbocycles. The Morgan fingerprint density at radius 1 is 1.57 bits per heavy atom. The first-order chi connectivity index (χ1) is 6.57. The van der Waals surface area contributed by atoms with E-state index in [0.717, 1.165) is 0 Å². The van der Waals surface area contributed by atoms with E-state index in [9.17, 15) is 9.18 Å². The second-order valence-corrected chi connectivity index (χ2v) is 2.95. The Morgan fingerprint density at radius 3 is 2.79 bits per heavy atom. The largest absolute Gasteiger partial charge is 0.468 e. The number of halogens is 1. The van der Waals surface area contributed by atoms with Crippen LogP contribution in [0.5, 0.6) is 0 Å². The number of ether oxygens (including phenoxy) is 1. The Hall–Kier alpha value is -1.42. The third kappa shape index (κ3) is 1.90. The zero-order chi connectivity index (χ0) is 10.7. The summed E-state index contributed by atoms with van der Waals surface area (Å²) in [6.07, 6.45) is 0. The highest BCUT2D eigenvalue weighted by Gasteiger charge is 2.19. The van der Waals surface area contributed by atoms with Gasteiger partial charge < -0.3 is 10.5 Å². The highest BCUT2D eigenvalue weighted by molar-refractivity contribution is 5.77. The first-order valence-electron chi connectivity index (χ1n) is 4.16. The van der Waals surface area contributed by atoms with Crippen molar-refractivity contribution in [2.45, 2.75) is 13.0 Å². The van der Waals surface area contributed by atoms with E-state index in [0.29, 0.717) is 11.1 Å². The summed E-state index contributed by atoms with van der Waals surface area (Å²) < 4.78 is 17.6. The van der Waals surface area contributed by atoms with Gasteiger partial charge in [0.2, 0.25) is 0 Å². The lowest BCUT2D eigenvalue weighted by Gasteiger charge is -2.12. The standard InChI is InChI=1S/C10H12FNO2/c1-6-7(4-3-5-8(6)11)9(12)10(13)14-2/h3-5,9H,12H2,1-2H3/t9-/m0/s1. The Kier molecular flexibility index (Phi) is 3.19. The molecule has 2 N–H and O–H groups in total. The molecular formula is C10H12FNO2. The predicted octanol–water partition coefficient (Wildman–Crippen LogP) is 1.31. The molecule has 4 heteroatoms. The Balaban J connectivity index is 3.07. The summed E-state index contributed by atoms with van der Waals surface area (Å²) in [6, 6.07) is 3.53. The topological polar surface area (TPSA) is 52.3 Å². The molecule has 0 bridgehead atoms. The fourth-order valence-corrected chi connectivity index (χ4v) is 1.22. The smallest absolute Gasteiger partial charge is 0.327 e. The highest BCUT2D eigenvalue weighted by atomic mass is 19.1. The maximum absolute atomic E-state index is 13.1. The number of carbonyl (C=O) groups excluding carboxylic acids is 1. The number of carbonyl (C=O) groups is 1. The van der Waals surface area contributed by atoms with Crippen LogP contribution in [0.1, 0.15) is 17.2 Å². The van der Waals surface area contributed by atoms with Crippen LogP contribution in [0.3, 0.4) is 0 Å². The number of hydrogen-bond donors (Lipinski definition) is 1. The summed E-state index contributed by atoms with van der Waals surface area (Å²) in [5.41, 5.74) is 6.41. The second kappa shape index (κ2) is 4.19. The molecule has 3 nitrogen and oxygen atoms in total. The van der Waals surface area contributed by atoms with E-state index < -0.39 is 12.0 Å². The third-order valence-corrected chi connectivity index (χ3v) is 2.10. The van der Waals surface area contributed by atoms with E-state index in [-0.39, 0.29) is 5.82 Å². The average Bonchev–Trinajstić information content (AvgIpc) is 2.20. The molecule has 0 aliphatic rings. The van der Waals surface area contributed by atoms with E-state index in [1.165, 1.54) is 19.2 Å². The molecule has 0 fully saturated rings. The fraction of sp³-hybridized carbons (Fsp3) is 0.300. The molecule has 1 rings (SSSR count). The van der Waals surface area contributed by atoms with Crippen LogP contribution in [0.15, 0.2) is 18.2 Å². The minimum atomic E-state index is -0.921. The van der Waals surface area contributed by atoms with Crippen LogP contribution in [0.2, 0.25) is 0 Å². The van der Waals surface area contributed by atoms with Crippen molar-refractivity contribution in [2.24, 2.45) is 5.73 Å². The van der Waals surface area contributed by atoms with E-state index in [4.69, 9.17) is 5.73 Å². The molecule has 0 saturated heterocycles. The number of nitrogens with two attached hydrogens (primary N) is 1. The molecular weight excluding hydrogens is 185 g/mol. The fourth-order valence-electron chi connectivity index (χ4n) is 1.22. The van der Waals surface area contributed by atoms with Gasteiger partial charge >= 0.3 is 5.97 Å². The summed E-state index contributed by atoms with van der Waals surface area (Å²) in [5, 5.41) is 0. The van der Waals surface area contributed by atoms with Crippen molar-refractivity contribution >= 4 is 5.97 Å². The Morgan fingerprint density at radius 2 is 2.21 bits per heavy atom. The lowest BCUT2D eigenvalue weighted by molar-refractivity contribution is -0.142. The van der Waals surface area contributed by atoms with Crippen molar-refractivity contribution in [3.05, 3.63) is 35.1 Å². The molecule has 1 atom stereocenters. The van der Waals surface area contributed by atoms with Crippen LogP contribution in [0.4, 0.5) is 4.39 Å². The van der Waals surface area contributed by atoms with Crippen molar-refractivity contribution in [2.75, 3.05) is 7.11 Å². The van der Waals surface area contributed by atoms with Crippen LogP contribution >= 0.6 is 0 Å². The van der Waals surface area contributed by atoms with Crippen LogP contribution < -0.4 is 5.73 Å². The van der Waals surface area contributed by atoms with Gasteiger partial charge in [-0.2, -0.15) is 0 Å². The molecule has 0 radical (unpaired) electrons. The lowest BCUT2D eigenvalue weighted by Crippen LogP contribution is -2.23.